The molecular weight excluding hydrogens is 389 g/mol. The summed E-state index contributed by atoms with van der Waals surface area (Å²) in [5.74, 6) is -0.726. The highest BCUT2D eigenvalue weighted by atomic mass is 79.9. The summed E-state index contributed by atoms with van der Waals surface area (Å²) < 4.78 is 15.9. The van der Waals surface area contributed by atoms with Crippen molar-refractivity contribution in [3.63, 3.8) is 0 Å². The predicted octanol–water partition coefficient (Wildman–Crippen LogP) is 2.74. The van der Waals surface area contributed by atoms with E-state index in [0.717, 1.165) is 5.56 Å². The van der Waals surface area contributed by atoms with Crippen LogP contribution in [0, 0.1) is 5.82 Å². The molecule has 0 saturated carbocycles. The molecule has 0 saturated heterocycles. The van der Waals surface area contributed by atoms with Crippen LogP contribution in [0.4, 0.5) is 10.2 Å². The van der Waals surface area contributed by atoms with Crippen molar-refractivity contribution in [2.45, 2.75) is 13.1 Å². The molecule has 0 aliphatic rings. The van der Waals surface area contributed by atoms with Gasteiger partial charge in [0.25, 0.3) is 5.91 Å². The fourth-order valence-corrected chi connectivity index (χ4v) is 2.61. The summed E-state index contributed by atoms with van der Waals surface area (Å²) in [5.41, 5.74) is 7.32. The van der Waals surface area contributed by atoms with Gasteiger partial charge in [0, 0.05) is 16.6 Å². The molecule has 25 heavy (non-hydrogen) atoms. The minimum atomic E-state index is -0.427. The monoisotopic (exact) mass is 403 g/mol. The van der Waals surface area contributed by atoms with Gasteiger partial charge >= 0.3 is 0 Å². The van der Waals surface area contributed by atoms with E-state index in [-0.39, 0.29) is 23.9 Å². The van der Waals surface area contributed by atoms with Crippen molar-refractivity contribution in [1.29, 1.82) is 0 Å². The Hall–Kier alpha value is -2.74. The third-order valence-electron chi connectivity index (χ3n) is 3.62. The van der Waals surface area contributed by atoms with Gasteiger partial charge in [0.2, 0.25) is 0 Å². The van der Waals surface area contributed by atoms with E-state index in [0.29, 0.717) is 16.6 Å². The summed E-state index contributed by atoms with van der Waals surface area (Å²) in [5, 5.41) is 10.4. The number of rotatable bonds is 5. The van der Waals surface area contributed by atoms with Gasteiger partial charge < -0.3 is 11.1 Å². The van der Waals surface area contributed by atoms with E-state index in [9.17, 15) is 9.18 Å². The molecule has 0 aliphatic carbocycles. The van der Waals surface area contributed by atoms with Crippen LogP contribution in [0.15, 0.2) is 53.0 Å². The van der Waals surface area contributed by atoms with Gasteiger partial charge in [-0.2, -0.15) is 0 Å². The van der Waals surface area contributed by atoms with Crippen LogP contribution in [0.25, 0.3) is 0 Å². The van der Waals surface area contributed by atoms with Gasteiger partial charge in [0.15, 0.2) is 11.5 Å². The zero-order valence-electron chi connectivity index (χ0n) is 13.1. The molecule has 2 aromatic carbocycles. The van der Waals surface area contributed by atoms with Crippen molar-refractivity contribution in [3.05, 3.63) is 75.6 Å². The van der Waals surface area contributed by atoms with Crippen molar-refractivity contribution >= 4 is 27.7 Å². The second-order valence-electron chi connectivity index (χ2n) is 5.38. The third-order valence-corrected chi connectivity index (χ3v) is 4.11. The number of aromatic nitrogens is 3. The topological polar surface area (TPSA) is 85.8 Å². The Morgan fingerprint density at radius 3 is 2.72 bits per heavy atom. The minimum Gasteiger partial charge on any atom is -0.382 e. The number of hydrogen-bond acceptors (Lipinski definition) is 4. The van der Waals surface area contributed by atoms with Gasteiger partial charge in [-0.25, -0.2) is 9.07 Å². The van der Waals surface area contributed by atoms with E-state index < -0.39 is 5.91 Å². The van der Waals surface area contributed by atoms with Crippen molar-refractivity contribution in [3.8, 4) is 0 Å². The van der Waals surface area contributed by atoms with Crippen LogP contribution in [0.1, 0.15) is 21.6 Å². The van der Waals surface area contributed by atoms with Crippen molar-refractivity contribution < 1.29 is 9.18 Å². The first kappa shape index (κ1) is 17.1. The molecule has 128 valence electrons. The lowest BCUT2D eigenvalue weighted by Gasteiger charge is -2.06. The number of benzene rings is 2. The number of hydrogen-bond donors (Lipinski definition) is 2. The first-order valence-corrected chi connectivity index (χ1v) is 8.29. The third kappa shape index (κ3) is 4.03. The molecule has 3 rings (SSSR count). The van der Waals surface area contributed by atoms with Gasteiger partial charge in [0.1, 0.15) is 5.82 Å². The van der Waals surface area contributed by atoms with Crippen molar-refractivity contribution in [2.24, 2.45) is 0 Å². The maximum atomic E-state index is 13.9. The molecule has 0 bridgehead atoms. The van der Waals surface area contributed by atoms with Gasteiger partial charge in [-0.05, 0) is 17.7 Å². The number of nitrogens with zero attached hydrogens (tertiary/aromatic N) is 3. The number of nitrogens with two attached hydrogens (primary N) is 1. The second kappa shape index (κ2) is 7.43. The smallest absolute Gasteiger partial charge is 0.275 e. The number of nitrogens with one attached hydrogen (secondary N) is 1. The highest BCUT2D eigenvalue weighted by Gasteiger charge is 2.18. The number of nitrogen functional groups attached to an aromatic ring is 1. The van der Waals surface area contributed by atoms with E-state index in [1.165, 1.54) is 10.7 Å². The Balaban J connectivity index is 1.71. The molecule has 3 N–H and O–H groups in total. The summed E-state index contributed by atoms with van der Waals surface area (Å²) >= 11 is 3.20. The van der Waals surface area contributed by atoms with E-state index in [2.05, 4.69) is 31.6 Å². The number of anilines is 1. The summed E-state index contributed by atoms with van der Waals surface area (Å²) in [6.45, 7) is 0.442. The first-order chi connectivity index (χ1) is 12.0. The molecule has 0 fully saturated rings. The molecule has 8 heteroatoms. The molecular formula is C17H15BrFN5O. The van der Waals surface area contributed by atoms with Crippen LogP contribution in [0.2, 0.25) is 0 Å². The second-order valence-corrected chi connectivity index (χ2v) is 6.30. The Morgan fingerprint density at radius 2 is 2.00 bits per heavy atom. The molecule has 1 heterocycles. The Morgan fingerprint density at radius 1 is 1.24 bits per heavy atom. The average molecular weight is 404 g/mol. The molecule has 6 nitrogen and oxygen atoms in total. The van der Waals surface area contributed by atoms with Crippen LogP contribution in [-0.2, 0) is 13.1 Å². The van der Waals surface area contributed by atoms with Crippen LogP contribution in [0.3, 0.4) is 0 Å². The highest BCUT2D eigenvalue weighted by molar-refractivity contribution is 9.10. The van der Waals surface area contributed by atoms with E-state index >= 15 is 0 Å². The fraction of sp³-hybridized carbons (Fsp3) is 0.118. The Bertz CT molecular complexity index is 897. The first-order valence-electron chi connectivity index (χ1n) is 7.49. The summed E-state index contributed by atoms with van der Waals surface area (Å²) in [6, 6.07) is 14.2. The SMILES string of the molecule is Nc1c(C(=O)NCc2ccccc2)nnn1Cc1ccc(Br)cc1F. The molecule has 3 aromatic rings. The largest absolute Gasteiger partial charge is 0.382 e. The van der Waals surface area contributed by atoms with Crippen LogP contribution in [0.5, 0.6) is 0 Å². The molecule has 0 aliphatic heterocycles. The van der Waals surface area contributed by atoms with Crippen molar-refractivity contribution in [1.82, 2.24) is 20.3 Å². The summed E-state index contributed by atoms with van der Waals surface area (Å²) in [6.07, 6.45) is 0. The van der Waals surface area contributed by atoms with Crippen LogP contribution < -0.4 is 11.1 Å². The lowest BCUT2D eigenvalue weighted by Crippen LogP contribution is -2.24. The minimum absolute atomic E-state index is 0.0217. The number of carbonyl (C=O) groups excluding carboxylic acids is 1. The van der Waals surface area contributed by atoms with E-state index in [4.69, 9.17) is 5.73 Å². The molecule has 0 atom stereocenters. The standard InChI is InChI=1S/C17H15BrFN5O/c18-13-7-6-12(14(19)8-13)10-24-16(20)15(22-23-24)17(25)21-9-11-4-2-1-3-5-11/h1-8H,9-10,20H2,(H,21,25). The van der Waals surface area contributed by atoms with Crippen LogP contribution >= 0.6 is 15.9 Å². The Kier molecular flexibility index (Phi) is 5.08. The average Bonchev–Trinajstić information content (AvgIpc) is 2.97. The van der Waals surface area contributed by atoms with Gasteiger partial charge in [-0.15, -0.1) is 5.10 Å². The Labute approximate surface area is 152 Å². The van der Waals surface area contributed by atoms with Gasteiger partial charge in [-0.1, -0.05) is 57.5 Å². The highest BCUT2D eigenvalue weighted by Crippen LogP contribution is 2.18. The van der Waals surface area contributed by atoms with E-state index in [1.54, 1.807) is 12.1 Å². The summed E-state index contributed by atoms with van der Waals surface area (Å²) in [4.78, 5) is 12.2. The molecule has 1 aromatic heterocycles. The predicted molar refractivity (Wildman–Crippen MR) is 95.2 cm³/mol. The van der Waals surface area contributed by atoms with Crippen LogP contribution in [-0.4, -0.2) is 20.9 Å². The maximum Gasteiger partial charge on any atom is 0.275 e. The normalized spacial score (nSPS) is 10.6. The fourth-order valence-electron chi connectivity index (χ4n) is 2.27. The lowest BCUT2D eigenvalue weighted by molar-refractivity contribution is 0.0946. The zero-order chi connectivity index (χ0) is 17.8. The molecule has 1 amide bonds. The van der Waals surface area contributed by atoms with Gasteiger partial charge in [0.05, 0.1) is 6.54 Å². The van der Waals surface area contributed by atoms with Crippen molar-refractivity contribution in [2.75, 3.05) is 5.73 Å². The maximum absolute atomic E-state index is 13.9. The summed E-state index contributed by atoms with van der Waals surface area (Å²) in [7, 11) is 0. The number of halogens is 2. The lowest BCUT2D eigenvalue weighted by atomic mass is 10.2. The number of carbonyl (C=O) groups is 1. The molecule has 0 spiro atoms. The number of amides is 1. The van der Waals surface area contributed by atoms with E-state index in [1.807, 2.05) is 30.3 Å². The molecule has 0 radical (unpaired) electrons. The zero-order valence-corrected chi connectivity index (χ0v) is 14.7. The molecule has 0 unspecified atom stereocenters. The quantitative estimate of drug-likeness (QED) is 0.685. The van der Waals surface area contributed by atoms with Gasteiger partial charge in [-0.3, -0.25) is 4.79 Å².